The van der Waals surface area contributed by atoms with E-state index >= 15 is 0 Å². The van der Waals surface area contributed by atoms with Crippen molar-refractivity contribution in [1.29, 1.82) is 0 Å². The summed E-state index contributed by atoms with van der Waals surface area (Å²) >= 11 is 0. The molecule has 0 radical (unpaired) electrons. The number of nitro groups is 1. The van der Waals surface area contributed by atoms with Crippen molar-refractivity contribution in [3.8, 4) is 0 Å². The van der Waals surface area contributed by atoms with Crippen molar-refractivity contribution < 1.29 is 14.1 Å². The van der Waals surface area contributed by atoms with Crippen LogP contribution in [0, 0.1) is 15.9 Å². The van der Waals surface area contributed by atoms with E-state index < -0.39 is 22.7 Å². The summed E-state index contributed by atoms with van der Waals surface area (Å²) in [4.78, 5) is 21.9. The van der Waals surface area contributed by atoms with Crippen LogP contribution in [0.5, 0.6) is 0 Å². The Hall–Kier alpha value is -2.77. The number of aromatic nitrogens is 2. The van der Waals surface area contributed by atoms with Crippen LogP contribution in [-0.4, -0.2) is 20.6 Å². The van der Waals surface area contributed by atoms with Crippen LogP contribution in [0.4, 0.5) is 15.8 Å². The maximum absolute atomic E-state index is 13.4. The van der Waals surface area contributed by atoms with Gasteiger partial charge in [-0.3, -0.25) is 19.6 Å². The summed E-state index contributed by atoms with van der Waals surface area (Å²) in [5.74, 6) is -1.08. The number of halogens is 1. The van der Waals surface area contributed by atoms with E-state index in [4.69, 9.17) is 0 Å². The van der Waals surface area contributed by atoms with Gasteiger partial charge in [0.25, 0.3) is 0 Å². The van der Waals surface area contributed by atoms with Gasteiger partial charge in [-0.1, -0.05) is 12.1 Å². The maximum Gasteiger partial charge on any atom is 0.307 e. The maximum atomic E-state index is 13.4. The first-order valence-corrected chi connectivity index (χ1v) is 5.73. The molecule has 7 nitrogen and oxygen atoms in total. The van der Waals surface area contributed by atoms with Gasteiger partial charge in [-0.2, -0.15) is 5.10 Å². The standard InChI is InChI=1S/C12H11FN4O3/c1-8(16-7-9(6-14-16)17(19)20)12(18)15-11-5-3-2-4-10(11)13/h2-8H,1H3,(H,15,18)/t8-/m1/s1. The lowest BCUT2D eigenvalue weighted by Gasteiger charge is -2.12. The highest BCUT2D eigenvalue weighted by Crippen LogP contribution is 2.17. The highest BCUT2D eigenvalue weighted by atomic mass is 19.1. The zero-order chi connectivity index (χ0) is 14.7. The quantitative estimate of drug-likeness (QED) is 0.685. The van der Waals surface area contributed by atoms with Gasteiger partial charge >= 0.3 is 5.69 Å². The Balaban J connectivity index is 2.12. The van der Waals surface area contributed by atoms with Crippen LogP contribution >= 0.6 is 0 Å². The molecular weight excluding hydrogens is 267 g/mol. The molecule has 0 spiro atoms. The zero-order valence-corrected chi connectivity index (χ0v) is 10.5. The fourth-order valence-corrected chi connectivity index (χ4v) is 1.55. The van der Waals surface area contributed by atoms with Crippen molar-refractivity contribution >= 4 is 17.3 Å². The second kappa shape index (κ2) is 5.47. The molecule has 0 aliphatic heterocycles. The lowest BCUT2D eigenvalue weighted by atomic mass is 10.2. The molecule has 2 aromatic rings. The second-order valence-corrected chi connectivity index (χ2v) is 4.08. The van der Waals surface area contributed by atoms with E-state index in [1.165, 1.54) is 25.1 Å². The molecule has 0 saturated heterocycles. The third-order valence-corrected chi connectivity index (χ3v) is 2.71. The van der Waals surface area contributed by atoms with Crippen molar-refractivity contribution in [1.82, 2.24) is 9.78 Å². The molecule has 20 heavy (non-hydrogen) atoms. The summed E-state index contributed by atoms with van der Waals surface area (Å²) in [6.07, 6.45) is 2.19. The molecule has 8 heteroatoms. The summed E-state index contributed by atoms with van der Waals surface area (Å²) in [5, 5.41) is 16.7. The van der Waals surface area contributed by atoms with Gasteiger partial charge in [0, 0.05) is 0 Å². The highest BCUT2D eigenvalue weighted by molar-refractivity contribution is 5.93. The summed E-state index contributed by atoms with van der Waals surface area (Å²) in [6, 6.07) is 4.93. The number of hydrogen-bond acceptors (Lipinski definition) is 4. The predicted molar refractivity (Wildman–Crippen MR) is 68.6 cm³/mol. The normalized spacial score (nSPS) is 11.9. The number of carbonyl (C=O) groups is 1. The SMILES string of the molecule is C[C@H](C(=O)Nc1ccccc1F)n1cc([N+](=O)[O-])cn1. The van der Waals surface area contributed by atoms with Crippen molar-refractivity contribution in [3.63, 3.8) is 0 Å². The molecule has 0 bridgehead atoms. The van der Waals surface area contributed by atoms with Gasteiger partial charge in [-0.15, -0.1) is 0 Å². The van der Waals surface area contributed by atoms with Crippen molar-refractivity contribution in [2.75, 3.05) is 5.32 Å². The molecule has 1 aromatic carbocycles. The smallest absolute Gasteiger partial charge is 0.307 e. The lowest BCUT2D eigenvalue weighted by Crippen LogP contribution is -2.24. The Kier molecular flexibility index (Phi) is 3.74. The van der Waals surface area contributed by atoms with Crippen LogP contribution in [0.25, 0.3) is 0 Å². The van der Waals surface area contributed by atoms with Crippen molar-refractivity contribution in [2.24, 2.45) is 0 Å². The Morgan fingerprint density at radius 1 is 1.50 bits per heavy atom. The van der Waals surface area contributed by atoms with Crippen molar-refractivity contribution in [3.05, 3.63) is 52.6 Å². The van der Waals surface area contributed by atoms with Gasteiger partial charge < -0.3 is 5.32 Å². The number of hydrogen-bond donors (Lipinski definition) is 1. The first-order chi connectivity index (χ1) is 9.49. The minimum absolute atomic E-state index is 0.0472. The fraction of sp³-hybridized carbons (Fsp3) is 0.167. The Labute approximate surface area is 113 Å². The molecule has 1 atom stereocenters. The van der Waals surface area contributed by atoms with E-state index in [1.54, 1.807) is 6.07 Å². The minimum atomic E-state index is -0.802. The van der Waals surface area contributed by atoms with Crippen LogP contribution in [0.3, 0.4) is 0 Å². The number of anilines is 1. The molecule has 0 aliphatic rings. The topological polar surface area (TPSA) is 90.1 Å². The molecule has 1 N–H and O–H groups in total. The van der Waals surface area contributed by atoms with E-state index in [1.807, 2.05) is 0 Å². The van der Waals surface area contributed by atoms with E-state index in [2.05, 4.69) is 10.4 Å². The summed E-state index contributed by atoms with van der Waals surface area (Å²) in [5.41, 5.74) is -0.165. The summed E-state index contributed by atoms with van der Waals surface area (Å²) in [7, 11) is 0. The van der Waals surface area contributed by atoms with E-state index in [0.717, 1.165) is 17.1 Å². The first kappa shape index (κ1) is 13.7. The molecular formula is C12H11FN4O3. The zero-order valence-electron chi connectivity index (χ0n) is 10.5. The van der Waals surface area contributed by atoms with Gasteiger partial charge in [0.15, 0.2) is 0 Å². The number of carbonyl (C=O) groups excluding carboxylic acids is 1. The Morgan fingerprint density at radius 2 is 2.20 bits per heavy atom. The largest absolute Gasteiger partial charge is 0.322 e. The van der Waals surface area contributed by atoms with Gasteiger partial charge in [0.1, 0.15) is 24.3 Å². The molecule has 104 valence electrons. The fourth-order valence-electron chi connectivity index (χ4n) is 1.55. The Morgan fingerprint density at radius 3 is 2.80 bits per heavy atom. The molecule has 0 fully saturated rings. The van der Waals surface area contributed by atoms with Crippen LogP contribution in [-0.2, 0) is 4.79 Å². The third-order valence-electron chi connectivity index (χ3n) is 2.71. The van der Waals surface area contributed by atoms with Crippen LogP contribution in [0.1, 0.15) is 13.0 Å². The minimum Gasteiger partial charge on any atom is -0.322 e. The van der Waals surface area contributed by atoms with Crippen LogP contribution in [0.15, 0.2) is 36.7 Å². The highest BCUT2D eigenvalue weighted by Gasteiger charge is 2.19. The molecule has 1 heterocycles. The van der Waals surface area contributed by atoms with E-state index in [0.29, 0.717) is 0 Å². The third kappa shape index (κ3) is 2.79. The van der Waals surface area contributed by atoms with Gasteiger partial charge in [-0.05, 0) is 19.1 Å². The lowest BCUT2D eigenvalue weighted by molar-refractivity contribution is -0.385. The average Bonchev–Trinajstić information content (AvgIpc) is 2.90. The first-order valence-electron chi connectivity index (χ1n) is 5.73. The van der Waals surface area contributed by atoms with E-state index in [-0.39, 0.29) is 11.4 Å². The molecule has 1 amide bonds. The van der Waals surface area contributed by atoms with E-state index in [9.17, 15) is 19.3 Å². The van der Waals surface area contributed by atoms with Gasteiger partial charge in [-0.25, -0.2) is 4.39 Å². The molecule has 1 aromatic heterocycles. The Bertz CT molecular complexity index is 656. The number of nitrogens with one attached hydrogen (secondary N) is 1. The molecule has 0 unspecified atom stereocenters. The molecule has 2 rings (SSSR count). The monoisotopic (exact) mass is 278 g/mol. The number of rotatable bonds is 4. The number of benzene rings is 1. The van der Waals surface area contributed by atoms with Gasteiger partial charge in [0.05, 0.1) is 10.6 Å². The molecule has 0 aliphatic carbocycles. The summed E-state index contributed by atoms with van der Waals surface area (Å²) < 4.78 is 14.5. The number of nitrogens with zero attached hydrogens (tertiary/aromatic N) is 3. The van der Waals surface area contributed by atoms with Crippen LogP contribution in [0.2, 0.25) is 0 Å². The van der Waals surface area contributed by atoms with Crippen molar-refractivity contribution in [2.45, 2.75) is 13.0 Å². The number of amides is 1. The predicted octanol–water partition coefficient (Wildman–Crippen LogP) is 2.13. The number of para-hydroxylation sites is 1. The second-order valence-electron chi connectivity index (χ2n) is 4.08. The van der Waals surface area contributed by atoms with Gasteiger partial charge in [0.2, 0.25) is 5.91 Å². The average molecular weight is 278 g/mol. The van der Waals surface area contributed by atoms with Crippen LogP contribution < -0.4 is 5.32 Å². The molecule has 0 saturated carbocycles. The summed E-state index contributed by atoms with van der Waals surface area (Å²) in [6.45, 7) is 1.51.